The van der Waals surface area contributed by atoms with Crippen LogP contribution in [0.5, 0.6) is 0 Å². The quantitative estimate of drug-likeness (QED) is 0.136. The number of aryl methyl sites for hydroxylation is 2. The fraction of sp³-hybridized carbons (Fsp3) is 0.395. The first-order valence-corrected chi connectivity index (χ1v) is 19.5. The van der Waals surface area contributed by atoms with Crippen LogP contribution in [0.4, 0.5) is 10.1 Å². The number of fused-ring (bicyclic) bond motifs is 3. The third-order valence-electron chi connectivity index (χ3n) is 11.4. The third-order valence-corrected chi connectivity index (χ3v) is 11.4. The van der Waals surface area contributed by atoms with E-state index in [0.29, 0.717) is 49.4 Å². The number of pyridine rings is 1. The number of benzene rings is 3. The molecule has 2 bridgehead atoms. The maximum atomic E-state index is 15.6. The second kappa shape index (κ2) is 15.9. The number of hydrogen-bond donors (Lipinski definition) is 3. The van der Waals surface area contributed by atoms with E-state index in [4.69, 9.17) is 15.5 Å². The Balaban J connectivity index is 1.17. The predicted octanol–water partition coefficient (Wildman–Crippen LogP) is 5.90. The number of piperazine rings is 1. The Bertz CT molecular complexity index is 2220. The molecule has 3 aliphatic rings. The zero-order valence-corrected chi connectivity index (χ0v) is 31.6. The summed E-state index contributed by atoms with van der Waals surface area (Å²) in [5, 5.41) is 12.9. The molecule has 0 aliphatic carbocycles. The van der Waals surface area contributed by atoms with E-state index in [1.54, 1.807) is 29.2 Å². The van der Waals surface area contributed by atoms with E-state index in [2.05, 4.69) is 39.7 Å². The smallest absolute Gasteiger partial charge is 0.254 e. The van der Waals surface area contributed by atoms with E-state index in [0.717, 1.165) is 71.6 Å². The van der Waals surface area contributed by atoms with Crippen LogP contribution in [0, 0.1) is 5.82 Å². The zero-order valence-electron chi connectivity index (χ0n) is 31.6. The number of halogens is 1. The Labute approximate surface area is 321 Å². The van der Waals surface area contributed by atoms with Gasteiger partial charge >= 0.3 is 0 Å². The highest BCUT2D eigenvalue weighted by Crippen LogP contribution is 2.34. The minimum atomic E-state index is -0.620. The van der Waals surface area contributed by atoms with Crippen molar-refractivity contribution in [1.29, 1.82) is 0 Å². The number of nitrogens with zero attached hydrogens (tertiary/aromatic N) is 5. The molecule has 0 saturated carbocycles. The molecule has 3 saturated heterocycles. The summed E-state index contributed by atoms with van der Waals surface area (Å²) in [5.41, 5.74) is 13.1. The minimum Gasteiger partial charge on any atom is -0.381 e. The first-order chi connectivity index (χ1) is 26.8. The van der Waals surface area contributed by atoms with Crippen LogP contribution in [0.2, 0.25) is 0 Å². The molecule has 4 N–H and O–H groups in total. The molecule has 12 heteroatoms. The SMILES string of the molecule is CCc1nc2c(cnn2CC)c(NC2CCOCC2)c1CN(Cc1cc(F)cc(-c2cccc(CN3C[C@@H]4CC3CN4)c2)c1)C(=O)c1cccc(C(N)=O)c1. The van der Waals surface area contributed by atoms with Crippen LogP contribution in [-0.4, -0.2) is 80.8 Å². The molecule has 2 atom stereocenters. The summed E-state index contributed by atoms with van der Waals surface area (Å²) < 4.78 is 23.2. The molecule has 5 heterocycles. The van der Waals surface area contributed by atoms with Crippen molar-refractivity contribution in [3.63, 3.8) is 0 Å². The summed E-state index contributed by atoms with van der Waals surface area (Å²) in [7, 11) is 0. The van der Waals surface area contributed by atoms with Crippen LogP contribution in [-0.2, 0) is 37.3 Å². The Morgan fingerprint density at radius 1 is 1.00 bits per heavy atom. The lowest BCUT2D eigenvalue weighted by molar-refractivity contribution is 0.0729. The molecule has 3 aliphatic heterocycles. The van der Waals surface area contributed by atoms with E-state index in [1.165, 1.54) is 24.1 Å². The molecule has 5 aromatic rings. The number of primary amides is 1. The maximum absolute atomic E-state index is 15.6. The summed E-state index contributed by atoms with van der Waals surface area (Å²) in [6.07, 6.45) is 5.35. The number of carbonyl (C=O) groups is 2. The number of carbonyl (C=O) groups excluding carboxylic acids is 2. The van der Waals surface area contributed by atoms with Gasteiger partial charge in [-0.3, -0.25) is 14.5 Å². The molecular weight excluding hydrogens is 696 g/mol. The van der Waals surface area contributed by atoms with Gasteiger partial charge in [-0.25, -0.2) is 14.1 Å². The second-order valence-electron chi connectivity index (χ2n) is 15.1. The van der Waals surface area contributed by atoms with Crippen molar-refractivity contribution in [1.82, 2.24) is 29.9 Å². The molecule has 11 nitrogen and oxygen atoms in total. The topological polar surface area (TPSA) is 131 Å². The lowest BCUT2D eigenvalue weighted by atomic mass is 9.99. The average Bonchev–Trinajstić information content (AvgIpc) is 3.95. The lowest BCUT2D eigenvalue weighted by Gasteiger charge is -2.29. The highest BCUT2D eigenvalue weighted by atomic mass is 19.1. The van der Waals surface area contributed by atoms with Gasteiger partial charge in [0.15, 0.2) is 5.65 Å². The Kier molecular flexibility index (Phi) is 10.6. The van der Waals surface area contributed by atoms with Gasteiger partial charge in [-0.2, -0.15) is 5.10 Å². The van der Waals surface area contributed by atoms with Crippen LogP contribution in [0.25, 0.3) is 22.2 Å². The molecule has 55 heavy (non-hydrogen) atoms. The Morgan fingerprint density at radius 3 is 2.55 bits per heavy atom. The number of nitrogens with two attached hydrogens (primary N) is 1. The number of hydrogen-bond acceptors (Lipinski definition) is 8. The van der Waals surface area contributed by atoms with Crippen LogP contribution < -0.4 is 16.4 Å². The van der Waals surface area contributed by atoms with Crippen LogP contribution in [0.15, 0.2) is 72.9 Å². The predicted molar refractivity (Wildman–Crippen MR) is 211 cm³/mol. The van der Waals surface area contributed by atoms with Gasteiger partial charge < -0.3 is 26.0 Å². The molecule has 0 radical (unpaired) electrons. The minimum absolute atomic E-state index is 0.111. The van der Waals surface area contributed by atoms with E-state index in [1.807, 2.05) is 36.0 Å². The number of anilines is 1. The maximum Gasteiger partial charge on any atom is 0.254 e. The van der Waals surface area contributed by atoms with Crippen LogP contribution in [0.3, 0.4) is 0 Å². The second-order valence-corrected chi connectivity index (χ2v) is 15.1. The van der Waals surface area contributed by atoms with Gasteiger partial charge in [0.2, 0.25) is 5.91 Å². The van der Waals surface area contributed by atoms with Gasteiger partial charge in [-0.05, 0) is 97.3 Å². The van der Waals surface area contributed by atoms with E-state index in [9.17, 15) is 9.59 Å². The highest BCUT2D eigenvalue weighted by Gasteiger charge is 2.37. The van der Waals surface area contributed by atoms with E-state index in [-0.39, 0.29) is 36.4 Å². The molecule has 2 aromatic heterocycles. The summed E-state index contributed by atoms with van der Waals surface area (Å²) in [6.45, 7) is 9.31. The molecule has 3 fully saturated rings. The number of amides is 2. The highest BCUT2D eigenvalue weighted by molar-refractivity contribution is 5.99. The first kappa shape index (κ1) is 36.8. The Morgan fingerprint density at radius 2 is 1.80 bits per heavy atom. The summed E-state index contributed by atoms with van der Waals surface area (Å²) in [4.78, 5) is 36.2. The van der Waals surface area contributed by atoms with Crippen molar-refractivity contribution in [2.24, 2.45) is 5.73 Å². The van der Waals surface area contributed by atoms with Gasteiger partial charge in [0.05, 0.1) is 23.8 Å². The lowest BCUT2D eigenvalue weighted by Crippen LogP contribution is -2.42. The summed E-state index contributed by atoms with van der Waals surface area (Å²) in [5.74, 6) is -1.31. The number of likely N-dealkylation sites (tertiary alicyclic amines) is 1. The summed E-state index contributed by atoms with van der Waals surface area (Å²) >= 11 is 0. The number of aromatic nitrogens is 3. The zero-order chi connectivity index (χ0) is 38.1. The fourth-order valence-electron chi connectivity index (χ4n) is 8.51. The molecule has 286 valence electrons. The number of nitrogens with one attached hydrogen (secondary N) is 2. The molecule has 1 unspecified atom stereocenters. The largest absolute Gasteiger partial charge is 0.381 e. The van der Waals surface area contributed by atoms with Crippen molar-refractivity contribution in [3.8, 4) is 11.1 Å². The van der Waals surface area contributed by atoms with Gasteiger partial charge in [0, 0.05) is 86.4 Å². The fourth-order valence-corrected chi connectivity index (χ4v) is 8.51. The van der Waals surface area contributed by atoms with Crippen molar-refractivity contribution in [2.45, 2.75) is 83.8 Å². The molecular formula is C43H49FN8O3. The van der Waals surface area contributed by atoms with Gasteiger partial charge in [0.25, 0.3) is 5.91 Å². The monoisotopic (exact) mass is 744 g/mol. The molecule has 3 aromatic carbocycles. The molecule has 0 spiro atoms. The summed E-state index contributed by atoms with van der Waals surface area (Å²) in [6, 6.07) is 21.1. The number of rotatable bonds is 13. The van der Waals surface area contributed by atoms with E-state index < -0.39 is 5.91 Å². The average molecular weight is 745 g/mol. The van der Waals surface area contributed by atoms with Crippen LogP contribution >= 0.6 is 0 Å². The number of ether oxygens (including phenoxy) is 1. The van der Waals surface area contributed by atoms with Crippen molar-refractivity contribution in [3.05, 3.63) is 112 Å². The standard InChI is InChI=1S/C43H49FN8O3/c1-3-39-38(40(48-34-11-13-55-14-12-34)37-22-47-52(4-2)42(37)49-39)26-51(43(54)31-10-6-9-30(18-31)41(45)53)24-28-16-32(19-33(44)17-28)29-8-5-7-27(15-29)23-50-25-35-20-36(50)21-46-35/h5-10,15-19,22,34-36,46H,3-4,11-14,20-21,23-26H2,1-2H3,(H2,45,53)(H,48,49)/t35-,36?/m0/s1. The van der Waals surface area contributed by atoms with Crippen molar-refractivity contribution in [2.75, 3.05) is 31.6 Å². The van der Waals surface area contributed by atoms with E-state index >= 15 is 4.39 Å². The Hall–Kier alpha value is -5.17. The normalized spacial score (nSPS) is 18.6. The van der Waals surface area contributed by atoms with Crippen LogP contribution in [0.1, 0.15) is 76.2 Å². The van der Waals surface area contributed by atoms with Gasteiger partial charge in [-0.1, -0.05) is 31.2 Å². The molecule has 8 rings (SSSR count). The third kappa shape index (κ3) is 7.85. The van der Waals surface area contributed by atoms with Crippen molar-refractivity contribution < 1.29 is 18.7 Å². The first-order valence-electron chi connectivity index (χ1n) is 19.5. The molecule has 2 amide bonds. The van der Waals surface area contributed by atoms with Crippen molar-refractivity contribution >= 4 is 28.5 Å². The van der Waals surface area contributed by atoms with Gasteiger partial charge in [-0.15, -0.1) is 0 Å². The van der Waals surface area contributed by atoms with Gasteiger partial charge in [0.1, 0.15) is 5.82 Å².